The fraction of sp³-hybridized carbons (Fsp3) is 0.500. The summed E-state index contributed by atoms with van der Waals surface area (Å²) >= 11 is 0. The van der Waals surface area contributed by atoms with Crippen molar-refractivity contribution >= 4 is 27.5 Å². The summed E-state index contributed by atoms with van der Waals surface area (Å²) in [5.41, 5.74) is 1.46. The lowest BCUT2D eigenvalue weighted by atomic mass is 10.2. The van der Waals surface area contributed by atoms with Crippen molar-refractivity contribution in [1.29, 1.82) is 0 Å². The van der Waals surface area contributed by atoms with Gasteiger partial charge in [-0.2, -0.15) is 0 Å². The standard InChI is InChI=1S/C16H21N3O4S/c1-11(20)19(13-3-4-13)8-7-17-24(22,23)14-5-6-15-12(9-14)10-16(21)18(15)2/h5-6,9,13,17H,3-4,7-8,10H2,1-2H3. The molecule has 0 bridgehead atoms. The zero-order chi connectivity index (χ0) is 17.5. The molecule has 1 heterocycles. The fourth-order valence-electron chi connectivity index (χ4n) is 2.98. The Kier molecular flexibility index (Phi) is 4.35. The molecule has 7 nitrogen and oxygen atoms in total. The molecule has 1 fully saturated rings. The monoisotopic (exact) mass is 351 g/mol. The molecule has 0 aromatic heterocycles. The molecule has 3 rings (SSSR count). The Bertz CT molecular complexity index is 787. The minimum absolute atomic E-state index is 0.0317. The number of hydrogen-bond acceptors (Lipinski definition) is 4. The van der Waals surface area contributed by atoms with Gasteiger partial charge in [-0.05, 0) is 36.6 Å². The maximum atomic E-state index is 12.4. The number of benzene rings is 1. The Morgan fingerprint density at radius 1 is 1.38 bits per heavy atom. The molecule has 0 saturated heterocycles. The summed E-state index contributed by atoms with van der Waals surface area (Å²) in [7, 11) is -1.99. The lowest BCUT2D eigenvalue weighted by molar-refractivity contribution is -0.129. The van der Waals surface area contributed by atoms with Crippen LogP contribution in [0.5, 0.6) is 0 Å². The number of nitrogens with zero attached hydrogens (tertiary/aromatic N) is 2. The smallest absolute Gasteiger partial charge is 0.240 e. The Balaban J connectivity index is 1.67. The van der Waals surface area contributed by atoms with Crippen LogP contribution in [-0.2, 0) is 26.0 Å². The maximum absolute atomic E-state index is 12.4. The van der Waals surface area contributed by atoms with Gasteiger partial charge in [-0.15, -0.1) is 0 Å². The first kappa shape index (κ1) is 16.9. The van der Waals surface area contributed by atoms with Crippen LogP contribution in [0.15, 0.2) is 23.1 Å². The molecule has 2 amide bonds. The van der Waals surface area contributed by atoms with Gasteiger partial charge in [0.2, 0.25) is 21.8 Å². The van der Waals surface area contributed by atoms with Crippen LogP contribution in [0.25, 0.3) is 0 Å². The topological polar surface area (TPSA) is 86.8 Å². The van der Waals surface area contributed by atoms with E-state index in [4.69, 9.17) is 0 Å². The second-order valence-corrected chi connectivity index (χ2v) is 8.03. The molecule has 0 spiro atoms. The molecular weight excluding hydrogens is 330 g/mol. The first-order valence-electron chi connectivity index (χ1n) is 7.96. The molecule has 0 unspecified atom stereocenters. The molecule has 1 aliphatic heterocycles. The zero-order valence-electron chi connectivity index (χ0n) is 13.8. The van der Waals surface area contributed by atoms with Crippen LogP contribution < -0.4 is 9.62 Å². The highest BCUT2D eigenvalue weighted by Gasteiger charge is 2.31. The largest absolute Gasteiger partial charge is 0.339 e. The number of rotatable bonds is 6. The van der Waals surface area contributed by atoms with Crippen LogP contribution in [0, 0.1) is 0 Å². The maximum Gasteiger partial charge on any atom is 0.240 e. The number of nitrogens with one attached hydrogen (secondary N) is 1. The fourth-order valence-corrected chi connectivity index (χ4v) is 4.05. The number of fused-ring (bicyclic) bond motifs is 1. The second-order valence-electron chi connectivity index (χ2n) is 6.26. The average molecular weight is 351 g/mol. The molecule has 2 aliphatic rings. The minimum atomic E-state index is -3.66. The number of likely N-dealkylation sites (N-methyl/N-ethyl adjacent to an activating group) is 1. The lowest BCUT2D eigenvalue weighted by Crippen LogP contribution is -2.38. The Morgan fingerprint density at radius 2 is 2.08 bits per heavy atom. The molecule has 8 heteroatoms. The summed E-state index contributed by atoms with van der Waals surface area (Å²) in [6.07, 6.45) is 2.19. The van der Waals surface area contributed by atoms with E-state index in [-0.39, 0.29) is 35.7 Å². The van der Waals surface area contributed by atoms with E-state index < -0.39 is 10.0 Å². The highest BCUT2D eigenvalue weighted by atomic mass is 32.2. The van der Waals surface area contributed by atoms with Crippen LogP contribution in [0.1, 0.15) is 25.3 Å². The van der Waals surface area contributed by atoms with Crippen molar-refractivity contribution in [3.8, 4) is 0 Å². The summed E-state index contributed by atoms with van der Waals surface area (Å²) < 4.78 is 27.4. The summed E-state index contributed by atoms with van der Waals surface area (Å²) in [4.78, 5) is 26.6. The van der Waals surface area contributed by atoms with E-state index in [9.17, 15) is 18.0 Å². The first-order chi connectivity index (χ1) is 11.3. The number of carbonyl (C=O) groups is 2. The van der Waals surface area contributed by atoms with Crippen LogP contribution >= 0.6 is 0 Å². The molecule has 0 atom stereocenters. The average Bonchev–Trinajstić information content (AvgIpc) is 3.30. The van der Waals surface area contributed by atoms with E-state index in [0.717, 1.165) is 18.5 Å². The van der Waals surface area contributed by atoms with Crippen molar-refractivity contribution < 1.29 is 18.0 Å². The molecular formula is C16H21N3O4S. The summed E-state index contributed by atoms with van der Waals surface area (Å²) in [5.74, 6) is -0.0789. The molecule has 1 saturated carbocycles. The third-order valence-electron chi connectivity index (χ3n) is 4.48. The van der Waals surface area contributed by atoms with E-state index in [2.05, 4.69) is 4.72 Å². The highest BCUT2D eigenvalue weighted by molar-refractivity contribution is 7.89. The molecule has 1 aromatic carbocycles. The van der Waals surface area contributed by atoms with Crippen molar-refractivity contribution in [2.24, 2.45) is 0 Å². The van der Waals surface area contributed by atoms with E-state index in [0.29, 0.717) is 12.1 Å². The van der Waals surface area contributed by atoms with Crippen LogP contribution in [-0.4, -0.2) is 51.3 Å². The second kappa shape index (κ2) is 6.18. The van der Waals surface area contributed by atoms with Gasteiger partial charge < -0.3 is 9.80 Å². The van der Waals surface area contributed by atoms with Gasteiger partial charge in [0.1, 0.15) is 0 Å². The van der Waals surface area contributed by atoms with Gasteiger partial charge in [0.25, 0.3) is 0 Å². The number of sulfonamides is 1. The quantitative estimate of drug-likeness (QED) is 0.808. The SMILES string of the molecule is CC(=O)N(CCNS(=O)(=O)c1ccc2c(c1)CC(=O)N2C)C1CC1. The van der Waals surface area contributed by atoms with E-state index in [1.54, 1.807) is 24.1 Å². The van der Waals surface area contributed by atoms with Crippen molar-refractivity contribution in [3.05, 3.63) is 23.8 Å². The Labute approximate surface area is 141 Å². The minimum Gasteiger partial charge on any atom is -0.339 e. The van der Waals surface area contributed by atoms with Crippen molar-refractivity contribution in [2.75, 3.05) is 25.0 Å². The number of amides is 2. The lowest BCUT2D eigenvalue weighted by Gasteiger charge is -2.20. The first-order valence-corrected chi connectivity index (χ1v) is 9.44. The number of carbonyl (C=O) groups excluding carboxylic acids is 2. The normalized spacial score (nSPS) is 17.1. The van der Waals surface area contributed by atoms with Crippen LogP contribution in [0.3, 0.4) is 0 Å². The highest BCUT2D eigenvalue weighted by Crippen LogP contribution is 2.29. The van der Waals surface area contributed by atoms with Gasteiger partial charge in [0, 0.05) is 38.8 Å². The molecule has 0 radical (unpaired) electrons. The predicted octanol–water partition coefficient (Wildman–Crippen LogP) is 0.495. The Morgan fingerprint density at radius 3 is 2.71 bits per heavy atom. The zero-order valence-corrected chi connectivity index (χ0v) is 14.6. The molecule has 1 N–H and O–H groups in total. The number of hydrogen-bond donors (Lipinski definition) is 1. The third kappa shape index (κ3) is 3.29. The Hall–Kier alpha value is -1.93. The third-order valence-corrected chi connectivity index (χ3v) is 5.93. The van der Waals surface area contributed by atoms with E-state index >= 15 is 0 Å². The van der Waals surface area contributed by atoms with Gasteiger partial charge in [-0.25, -0.2) is 13.1 Å². The van der Waals surface area contributed by atoms with Gasteiger partial charge in [-0.1, -0.05) is 0 Å². The van der Waals surface area contributed by atoms with Crippen molar-refractivity contribution in [2.45, 2.75) is 37.1 Å². The van der Waals surface area contributed by atoms with Crippen molar-refractivity contribution in [3.63, 3.8) is 0 Å². The van der Waals surface area contributed by atoms with E-state index in [1.807, 2.05) is 0 Å². The van der Waals surface area contributed by atoms with Gasteiger partial charge in [0.05, 0.1) is 11.3 Å². The molecule has 1 aliphatic carbocycles. The summed E-state index contributed by atoms with van der Waals surface area (Å²) in [6, 6.07) is 4.96. The summed E-state index contributed by atoms with van der Waals surface area (Å²) in [5, 5.41) is 0. The van der Waals surface area contributed by atoms with Crippen molar-refractivity contribution in [1.82, 2.24) is 9.62 Å². The molecule has 24 heavy (non-hydrogen) atoms. The molecule has 1 aromatic rings. The van der Waals surface area contributed by atoms with Gasteiger partial charge >= 0.3 is 0 Å². The van der Waals surface area contributed by atoms with Gasteiger partial charge in [-0.3, -0.25) is 9.59 Å². The molecule has 130 valence electrons. The van der Waals surface area contributed by atoms with Crippen LogP contribution in [0.2, 0.25) is 0 Å². The van der Waals surface area contributed by atoms with E-state index in [1.165, 1.54) is 17.9 Å². The summed E-state index contributed by atoms with van der Waals surface area (Å²) in [6.45, 7) is 2.04. The van der Waals surface area contributed by atoms with Crippen LogP contribution in [0.4, 0.5) is 5.69 Å². The predicted molar refractivity (Wildman–Crippen MR) is 89.2 cm³/mol. The number of anilines is 1. The van der Waals surface area contributed by atoms with Gasteiger partial charge in [0.15, 0.2) is 0 Å².